The molecule has 4 N–H and O–H groups in total. The van der Waals surface area contributed by atoms with Crippen LogP contribution in [0.5, 0.6) is 0 Å². The summed E-state index contributed by atoms with van der Waals surface area (Å²) in [7, 11) is 0. The van der Waals surface area contributed by atoms with Gasteiger partial charge in [0.1, 0.15) is 5.69 Å². The van der Waals surface area contributed by atoms with Gasteiger partial charge in [0, 0.05) is 59.8 Å². The summed E-state index contributed by atoms with van der Waals surface area (Å²) in [5, 5.41) is 0.573. The van der Waals surface area contributed by atoms with Crippen molar-refractivity contribution in [3.8, 4) is 11.3 Å². The number of nitrogens with two attached hydrogens (primary N) is 2. The molecule has 0 aliphatic carbocycles. The number of benzene rings is 1. The Labute approximate surface area is 180 Å². The molecule has 3 heterocycles. The van der Waals surface area contributed by atoms with Gasteiger partial charge in [-0.2, -0.15) is 0 Å². The van der Waals surface area contributed by atoms with Crippen LogP contribution in [0, 0.1) is 0 Å². The summed E-state index contributed by atoms with van der Waals surface area (Å²) >= 11 is 6.30. The van der Waals surface area contributed by atoms with Crippen molar-refractivity contribution in [2.75, 3.05) is 23.7 Å². The second-order valence-electron chi connectivity index (χ2n) is 7.57. The minimum atomic E-state index is -0.156. The molecule has 30 heavy (non-hydrogen) atoms. The Morgan fingerprint density at radius 3 is 2.83 bits per heavy atom. The van der Waals surface area contributed by atoms with E-state index in [1.807, 2.05) is 24.3 Å². The zero-order chi connectivity index (χ0) is 21.1. The van der Waals surface area contributed by atoms with E-state index in [2.05, 4.69) is 14.9 Å². The lowest BCUT2D eigenvalue weighted by Gasteiger charge is -2.33. The van der Waals surface area contributed by atoms with Gasteiger partial charge in [0.05, 0.1) is 11.4 Å². The van der Waals surface area contributed by atoms with Crippen molar-refractivity contribution in [1.82, 2.24) is 9.97 Å². The van der Waals surface area contributed by atoms with E-state index in [1.165, 1.54) is 0 Å². The maximum absolute atomic E-state index is 13.2. The number of rotatable bonds is 5. The fraction of sp³-hybridized carbons (Fsp3) is 0.261. The number of nitrogens with zero attached hydrogens (tertiary/aromatic N) is 3. The lowest BCUT2D eigenvalue weighted by Crippen LogP contribution is -2.43. The summed E-state index contributed by atoms with van der Waals surface area (Å²) in [6, 6.07) is 13.0. The van der Waals surface area contributed by atoms with E-state index >= 15 is 0 Å². The molecule has 0 saturated carbocycles. The molecule has 2 aromatic heterocycles. The minimum absolute atomic E-state index is 0.139. The molecule has 0 radical (unpaired) electrons. The van der Waals surface area contributed by atoms with Crippen LogP contribution in [0.4, 0.5) is 11.4 Å². The average Bonchev–Trinajstić information content (AvgIpc) is 2.75. The Balaban J connectivity index is 1.62. The van der Waals surface area contributed by atoms with E-state index in [0.717, 1.165) is 42.7 Å². The van der Waals surface area contributed by atoms with Gasteiger partial charge in [-0.05, 0) is 37.1 Å². The van der Waals surface area contributed by atoms with Crippen LogP contribution in [0.15, 0.2) is 54.9 Å². The maximum atomic E-state index is 13.2. The first-order valence-corrected chi connectivity index (χ1v) is 10.4. The highest BCUT2D eigenvalue weighted by atomic mass is 35.5. The topological polar surface area (TPSA) is 98.1 Å². The second-order valence-corrected chi connectivity index (χ2v) is 7.97. The largest absolute Gasteiger partial charge is 0.397 e. The lowest BCUT2D eigenvalue weighted by atomic mass is 10.0. The Hall–Kier alpha value is -2.96. The highest BCUT2D eigenvalue weighted by molar-refractivity contribution is 6.33. The molecule has 0 spiro atoms. The van der Waals surface area contributed by atoms with Crippen LogP contribution in [-0.2, 0) is 6.42 Å². The molecule has 3 aromatic rings. The molecule has 1 aliphatic rings. The number of hydrogen-bond acceptors (Lipinski definition) is 6. The molecular formula is C23H24ClN5O. The zero-order valence-electron chi connectivity index (χ0n) is 16.6. The van der Waals surface area contributed by atoms with Crippen LogP contribution in [0.2, 0.25) is 5.02 Å². The van der Waals surface area contributed by atoms with E-state index < -0.39 is 0 Å². The van der Waals surface area contributed by atoms with Crippen LogP contribution in [0.1, 0.15) is 28.9 Å². The summed E-state index contributed by atoms with van der Waals surface area (Å²) in [6.07, 6.45) is 5.70. The van der Waals surface area contributed by atoms with Crippen LogP contribution in [0.25, 0.3) is 11.3 Å². The quantitative estimate of drug-likeness (QED) is 0.609. The molecular weight excluding hydrogens is 398 g/mol. The highest BCUT2D eigenvalue weighted by Gasteiger charge is 2.22. The zero-order valence-corrected chi connectivity index (χ0v) is 17.3. The van der Waals surface area contributed by atoms with Crippen molar-refractivity contribution in [2.24, 2.45) is 5.73 Å². The Bertz CT molecular complexity index is 1070. The van der Waals surface area contributed by atoms with E-state index in [-0.39, 0.29) is 23.9 Å². The van der Waals surface area contributed by atoms with Crippen LogP contribution in [-0.4, -0.2) is 34.9 Å². The average molecular weight is 422 g/mol. The third kappa shape index (κ3) is 4.30. The summed E-state index contributed by atoms with van der Waals surface area (Å²) in [4.78, 5) is 24.2. The molecule has 6 nitrogen and oxygen atoms in total. The number of ketones is 1. The van der Waals surface area contributed by atoms with Gasteiger partial charge in [-0.1, -0.05) is 29.8 Å². The van der Waals surface area contributed by atoms with Gasteiger partial charge >= 0.3 is 0 Å². The summed E-state index contributed by atoms with van der Waals surface area (Å²) in [5.74, 6) is -0.156. The number of nitrogen functional groups attached to an aromatic ring is 1. The monoisotopic (exact) mass is 421 g/mol. The molecule has 0 unspecified atom stereocenters. The minimum Gasteiger partial charge on any atom is -0.397 e. The van der Waals surface area contributed by atoms with Crippen molar-refractivity contribution in [1.29, 1.82) is 0 Å². The SMILES string of the molecule is Nc1ccc(-c2ccccc2Cl)nc1C(=O)Cc1cnccc1N1CCC[C@H](N)C1. The van der Waals surface area contributed by atoms with Crippen LogP contribution < -0.4 is 16.4 Å². The van der Waals surface area contributed by atoms with E-state index in [0.29, 0.717) is 16.4 Å². The van der Waals surface area contributed by atoms with Gasteiger partial charge in [-0.15, -0.1) is 0 Å². The fourth-order valence-electron chi connectivity index (χ4n) is 3.86. The van der Waals surface area contributed by atoms with Gasteiger partial charge in [-0.3, -0.25) is 9.78 Å². The first-order valence-electron chi connectivity index (χ1n) is 10.0. The second kappa shape index (κ2) is 8.81. The number of carbonyl (C=O) groups excluding carboxylic acids is 1. The molecule has 1 aliphatic heterocycles. The van der Waals surface area contributed by atoms with E-state index in [9.17, 15) is 4.79 Å². The van der Waals surface area contributed by atoms with Gasteiger partial charge in [0.15, 0.2) is 5.78 Å². The number of hydrogen-bond donors (Lipinski definition) is 2. The molecule has 7 heteroatoms. The van der Waals surface area contributed by atoms with Crippen molar-refractivity contribution in [2.45, 2.75) is 25.3 Å². The van der Waals surface area contributed by atoms with Crippen LogP contribution in [0.3, 0.4) is 0 Å². The number of anilines is 2. The molecule has 1 fully saturated rings. The first kappa shape index (κ1) is 20.3. The first-order chi connectivity index (χ1) is 14.5. The van der Waals surface area contributed by atoms with Gasteiger partial charge in [-0.25, -0.2) is 4.98 Å². The molecule has 154 valence electrons. The Morgan fingerprint density at radius 1 is 1.20 bits per heavy atom. The lowest BCUT2D eigenvalue weighted by molar-refractivity contribution is 0.0989. The van der Waals surface area contributed by atoms with Crippen molar-refractivity contribution in [3.05, 3.63) is 71.1 Å². The number of aromatic nitrogens is 2. The highest BCUT2D eigenvalue weighted by Crippen LogP contribution is 2.29. The number of pyridine rings is 2. The summed E-state index contributed by atoms with van der Waals surface area (Å²) in [5.41, 5.74) is 16.1. The third-order valence-electron chi connectivity index (χ3n) is 5.37. The number of piperidine rings is 1. The van der Waals surface area contributed by atoms with Crippen molar-refractivity contribution in [3.63, 3.8) is 0 Å². The normalized spacial score (nSPS) is 16.5. The summed E-state index contributed by atoms with van der Waals surface area (Å²) in [6.45, 7) is 1.69. The molecule has 4 rings (SSSR count). The van der Waals surface area contributed by atoms with Crippen LogP contribution >= 0.6 is 11.6 Å². The third-order valence-corrected chi connectivity index (χ3v) is 5.70. The predicted octanol–water partition coefficient (Wildman–Crippen LogP) is 3.73. The Kier molecular flexibility index (Phi) is 5.97. The number of Topliss-reactive ketones (excluding diaryl/α,β-unsaturated/α-hetero) is 1. The van der Waals surface area contributed by atoms with E-state index in [1.54, 1.807) is 30.6 Å². The van der Waals surface area contributed by atoms with Gasteiger partial charge < -0.3 is 16.4 Å². The molecule has 1 saturated heterocycles. The molecule has 0 bridgehead atoms. The molecule has 1 atom stereocenters. The fourth-order valence-corrected chi connectivity index (χ4v) is 4.09. The van der Waals surface area contributed by atoms with Crippen molar-refractivity contribution >= 4 is 28.8 Å². The van der Waals surface area contributed by atoms with Crippen molar-refractivity contribution < 1.29 is 4.79 Å². The van der Waals surface area contributed by atoms with Gasteiger partial charge in [0.25, 0.3) is 0 Å². The van der Waals surface area contributed by atoms with Gasteiger partial charge in [0.2, 0.25) is 0 Å². The standard InChI is InChI=1S/C23H24ClN5O/c24-18-6-2-1-5-17(18)20-8-7-19(26)23(28-20)22(30)12-15-13-27-10-9-21(15)29-11-3-4-16(25)14-29/h1-2,5-10,13,16H,3-4,11-12,14,25-26H2/t16-/m0/s1. The summed E-state index contributed by atoms with van der Waals surface area (Å²) < 4.78 is 0. The predicted molar refractivity (Wildman–Crippen MR) is 121 cm³/mol. The number of halogens is 1. The molecule has 1 aromatic carbocycles. The van der Waals surface area contributed by atoms with E-state index in [4.69, 9.17) is 23.1 Å². The maximum Gasteiger partial charge on any atom is 0.187 e. The Morgan fingerprint density at radius 2 is 2.03 bits per heavy atom. The number of carbonyl (C=O) groups is 1. The smallest absolute Gasteiger partial charge is 0.187 e. The molecule has 0 amide bonds.